The minimum atomic E-state index is -1.31. The maximum absolute atomic E-state index is 15.1. The van der Waals surface area contributed by atoms with Gasteiger partial charge in [0.05, 0.1) is 0 Å². The second kappa shape index (κ2) is 11.1. The first kappa shape index (κ1) is 25.7. The zero-order chi connectivity index (χ0) is 25.6. The molecule has 0 N–H and O–H groups in total. The van der Waals surface area contributed by atoms with E-state index in [1.54, 1.807) is 13.8 Å². The molecule has 36 heavy (non-hydrogen) atoms. The van der Waals surface area contributed by atoms with Gasteiger partial charge in [0.1, 0.15) is 0 Å². The third-order valence-electron chi connectivity index (χ3n) is 7.84. The first-order chi connectivity index (χ1) is 17.5. The normalized spacial score (nSPS) is 27.7. The van der Waals surface area contributed by atoms with E-state index in [1.807, 2.05) is 72.5 Å². The lowest BCUT2D eigenvalue weighted by atomic mass is 9.60. The Kier molecular flexibility index (Phi) is 7.94. The molecule has 2 aliphatic rings. The number of hydrogen-bond acceptors (Lipinski definition) is 5. The monoisotopic (exact) mass is 486 g/mol. The molecule has 4 rings (SSSR count). The fraction of sp³-hybridized carbons (Fsp3) is 0.452. The molecular formula is C31H34O5. The Morgan fingerprint density at radius 3 is 1.44 bits per heavy atom. The minimum Gasteiger partial charge on any atom is -0.472 e. The third kappa shape index (κ3) is 4.82. The molecule has 4 atom stereocenters. The molecule has 2 aromatic rings. The number of benzene rings is 2. The van der Waals surface area contributed by atoms with Crippen LogP contribution in [0.3, 0.4) is 0 Å². The van der Waals surface area contributed by atoms with E-state index >= 15 is 4.79 Å². The number of ether oxygens (including phenoxy) is 2. The maximum Gasteiger partial charge on any atom is 0.220 e. The Bertz CT molecular complexity index is 1070. The average Bonchev–Trinajstić information content (AvgIpc) is 2.93. The van der Waals surface area contributed by atoms with Crippen molar-refractivity contribution in [2.45, 2.75) is 88.3 Å². The summed E-state index contributed by atoms with van der Waals surface area (Å²) in [6, 6.07) is 19.8. The van der Waals surface area contributed by atoms with E-state index in [1.165, 1.54) is 0 Å². The lowest BCUT2D eigenvalue weighted by Crippen LogP contribution is -2.62. The molecule has 2 fully saturated rings. The molecule has 2 saturated carbocycles. The molecule has 0 amide bonds. The van der Waals surface area contributed by atoms with Crippen molar-refractivity contribution in [1.29, 1.82) is 0 Å². The van der Waals surface area contributed by atoms with Crippen LogP contribution < -0.4 is 0 Å². The zero-order valence-corrected chi connectivity index (χ0v) is 21.1. The lowest BCUT2D eigenvalue weighted by Gasteiger charge is -2.51. The number of carbonyl (C=O) groups is 1. The van der Waals surface area contributed by atoms with Gasteiger partial charge in [-0.25, -0.2) is 9.59 Å². The van der Waals surface area contributed by atoms with Crippen LogP contribution in [0.2, 0.25) is 0 Å². The maximum atomic E-state index is 15.1. The van der Waals surface area contributed by atoms with Crippen molar-refractivity contribution < 1.29 is 23.9 Å². The number of ketones is 1. The number of carbonyl (C=O) groups excluding carboxylic acids is 3. The predicted octanol–water partition coefficient (Wildman–Crippen LogP) is 6.25. The van der Waals surface area contributed by atoms with Gasteiger partial charge in [-0.05, 0) is 49.7 Å². The van der Waals surface area contributed by atoms with E-state index in [0.717, 1.165) is 49.7 Å². The van der Waals surface area contributed by atoms with Crippen molar-refractivity contribution in [3.05, 3.63) is 83.3 Å². The second-order valence-electron chi connectivity index (χ2n) is 10.0. The first-order valence-corrected chi connectivity index (χ1v) is 12.9. The molecule has 2 aliphatic carbocycles. The lowest BCUT2D eigenvalue weighted by molar-refractivity contribution is -0.174. The van der Waals surface area contributed by atoms with Crippen LogP contribution in [0.5, 0.6) is 0 Å². The van der Waals surface area contributed by atoms with Crippen molar-refractivity contribution >= 4 is 17.7 Å². The van der Waals surface area contributed by atoms with E-state index in [2.05, 4.69) is 0 Å². The van der Waals surface area contributed by atoms with Gasteiger partial charge in [-0.3, -0.25) is 4.79 Å². The second-order valence-corrected chi connectivity index (χ2v) is 10.0. The van der Waals surface area contributed by atoms with Gasteiger partial charge in [-0.15, -0.1) is 0 Å². The summed E-state index contributed by atoms with van der Waals surface area (Å²) in [4.78, 5) is 38.5. The Morgan fingerprint density at radius 1 is 0.694 bits per heavy atom. The summed E-state index contributed by atoms with van der Waals surface area (Å²) in [6.45, 7) is 3.11. The third-order valence-corrected chi connectivity index (χ3v) is 7.84. The van der Waals surface area contributed by atoms with Crippen LogP contribution in [0.4, 0.5) is 0 Å². The van der Waals surface area contributed by atoms with Crippen LogP contribution in [0, 0.1) is 0 Å². The van der Waals surface area contributed by atoms with E-state index in [-0.39, 0.29) is 29.1 Å². The highest BCUT2D eigenvalue weighted by molar-refractivity contribution is 5.97. The van der Waals surface area contributed by atoms with Crippen LogP contribution in [-0.2, 0) is 23.9 Å². The topological polar surface area (TPSA) is 69.7 Å². The van der Waals surface area contributed by atoms with Crippen LogP contribution in [0.15, 0.2) is 72.2 Å². The standard InChI is InChI=1S/C31H34O5/c1-23(21-32)35-30(19-11-9-17-27(30)25-13-5-3-6-14-25)29(34)31(36-24(2)22-33)20-12-10-18-28(31)26-15-7-4-8-16-26/h3-8,13-16,27-28H,9-12,17-20H2,1-2H3. The molecule has 2 aromatic carbocycles. The van der Waals surface area contributed by atoms with Gasteiger partial charge in [0, 0.05) is 25.7 Å². The summed E-state index contributed by atoms with van der Waals surface area (Å²) in [7, 11) is 0. The molecule has 4 unspecified atom stereocenters. The van der Waals surface area contributed by atoms with Gasteiger partial charge in [-0.1, -0.05) is 73.5 Å². The summed E-state index contributed by atoms with van der Waals surface area (Å²) in [5.74, 6) is 3.10. The van der Waals surface area contributed by atoms with Crippen LogP contribution in [0.25, 0.3) is 0 Å². The SMILES string of the molecule is CC(=C=O)OC1(C(=O)C2(OC(C)=C=O)CCCCC2c2ccccc2)CCCCC1c1ccccc1. The molecule has 0 spiro atoms. The molecule has 0 heterocycles. The number of hydrogen-bond donors (Lipinski definition) is 0. The fourth-order valence-electron chi connectivity index (χ4n) is 6.36. The Balaban J connectivity index is 1.93. The van der Waals surface area contributed by atoms with Crippen LogP contribution in [0.1, 0.15) is 88.2 Å². The van der Waals surface area contributed by atoms with Crippen LogP contribution in [-0.4, -0.2) is 28.9 Å². The zero-order valence-electron chi connectivity index (χ0n) is 21.1. The van der Waals surface area contributed by atoms with E-state index in [0.29, 0.717) is 12.8 Å². The highest BCUT2D eigenvalue weighted by Gasteiger charge is 2.62. The quantitative estimate of drug-likeness (QED) is 0.326. The van der Waals surface area contributed by atoms with E-state index < -0.39 is 11.2 Å². The number of Topliss-reactive ketones (excluding diaryl/α,β-unsaturated/α-hetero) is 1. The molecule has 5 nitrogen and oxygen atoms in total. The smallest absolute Gasteiger partial charge is 0.220 e. The summed E-state index contributed by atoms with van der Waals surface area (Å²) >= 11 is 0. The van der Waals surface area contributed by atoms with E-state index in [4.69, 9.17) is 9.47 Å². The Labute approximate surface area is 213 Å². The largest absolute Gasteiger partial charge is 0.472 e. The molecule has 0 aliphatic heterocycles. The molecular weight excluding hydrogens is 452 g/mol. The molecule has 188 valence electrons. The van der Waals surface area contributed by atoms with Gasteiger partial charge in [0.15, 0.2) is 34.6 Å². The highest BCUT2D eigenvalue weighted by Crippen LogP contribution is 2.53. The summed E-state index contributed by atoms with van der Waals surface area (Å²) < 4.78 is 12.8. The molecule has 5 heteroatoms. The van der Waals surface area contributed by atoms with Gasteiger partial charge in [-0.2, -0.15) is 0 Å². The van der Waals surface area contributed by atoms with Gasteiger partial charge in [0.2, 0.25) is 5.78 Å². The van der Waals surface area contributed by atoms with Crippen molar-refractivity contribution in [3.8, 4) is 0 Å². The highest BCUT2D eigenvalue weighted by atomic mass is 16.5. The average molecular weight is 487 g/mol. The van der Waals surface area contributed by atoms with Crippen molar-refractivity contribution in [2.75, 3.05) is 0 Å². The molecule has 0 bridgehead atoms. The Hall–Kier alpha value is -3.39. The molecule has 0 aromatic heterocycles. The van der Waals surface area contributed by atoms with Crippen molar-refractivity contribution in [2.24, 2.45) is 0 Å². The predicted molar refractivity (Wildman–Crippen MR) is 138 cm³/mol. The number of rotatable bonds is 8. The fourth-order valence-corrected chi connectivity index (χ4v) is 6.36. The van der Waals surface area contributed by atoms with Crippen molar-refractivity contribution in [3.63, 3.8) is 0 Å². The summed E-state index contributed by atoms with van der Waals surface area (Å²) in [5.41, 5.74) is -0.633. The summed E-state index contributed by atoms with van der Waals surface area (Å²) in [5, 5.41) is 0. The molecule has 0 radical (unpaired) electrons. The van der Waals surface area contributed by atoms with Gasteiger partial charge in [0.25, 0.3) is 0 Å². The Morgan fingerprint density at radius 2 is 1.08 bits per heavy atom. The number of allylic oxidation sites excluding steroid dienone is 2. The van der Waals surface area contributed by atoms with Gasteiger partial charge < -0.3 is 9.47 Å². The minimum absolute atomic E-state index is 0.0519. The van der Waals surface area contributed by atoms with Crippen molar-refractivity contribution in [1.82, 2.24) is 0 Å². The molecule has 0 saturated heterocycles. The van der Waals surface area contributed by atoms with Crippen LogP contribution >= 0.6 is 0 Å². The van der Waals surface area contributed by atoms with E-state index in [9.17, 15) is 9.59 Å². The van der Waals surface area contributed by atoms with Gasteiger partial charge >= 0.3 is 0 Å². The first-order valence-electron chi connectivity index (χ1n) is 12.9. The summed E-state index contributed by atoms with van der Waals surface area (Å²) in [6.07, 6.45) is 5.89.